The standard InChI is InChI=1S/C40H63N3O5/c1-25-10-15-40(47-24-25)26(2)37-33(48-40)21-32-30-9-8-27-20-28(11-14-38(27,3)31(30)22-34(44)39(32,37)4)41-35(45)23-36(46)43-18-12-29(13-19-43)42-16-6-5-7-17-42/h25-33,37H,5-24H2,1-4H3,(H,41,45)/t25-,26+,27+,28+,30-,31+,32+,33+,37+,38+,39-,40-/m1/s1. The molecule has 8 rings (SSSR count). The monoisotopic (exact) mass is 665 g/mol. The number of hydrogen-bond acceptors (Lipinski definition) is 6. The molecule has 0 bridgehead atoms. The van der Waals surface area contributed by atoms with Crippen LogP contribution in [-0.4, -0.2) is 84.2 Å². The van der Waals surface area contributed by atoms with Crippen LogP contribution in [0.1, 0.15) is 124 Å². The van der Waals surface area contributed by atoms with E-state index in [1.165, 1.54) is 45.2 Å². The van der Waals surface area contributed by atoms with Gasteiger partial charge in [-0.05, 0) is 119 Å². The zero-order chi connectivity index (χ0) is 33.4. The molecule has 0 unspecified atom stereocenters. The van der Waals surface area contributed by atoms with Crippen LogP contribution in [0.25, 0.3) is 0 Å². The predicted octanol–water partition coefficient (Wildman–Crippen LogP) is 5.96. The number of hydrogen-bond donors (Lipinski definition) is 1. The average molecular weight is 666 g/mol. The Labute approximate surface area is 289 Å². The van der Waals surface area contributed by atoms with E-state index < -0.39 is 5.79 Å². The van der Waals surface area contributed by atoms with Crippen molar-refractivity contribution in [3.63, 3.8) is 0 Å². The lowest BCUT2D eigenvalue weighted by Gasteiger charge is -2.60. The summed E-state index contributed by atoms with van der Waals surface area (Å²) in [7, 11) is 0. The zero-order valence-corrected chi connectivity index (χ0v) is 30.4. The molecule has 0 aromatic carbocycles. The highest BCUT2D eigenvalue weighted by Crippen LogP contribution is 2.70. The molecule has 4 aliphatic heterocycles. The molecular formula is C40H63N3O5. The smallest absolute Gasteiger partial charge is 0.232 e. The SMILES string of the molecule is C[C@@H]1CC[C@@]2(OC1)O[C@H]1C[C@H]3[C@@H]4CC[C@H]5C[C@@H](NC(=O)CC(=O)N6CCC(N7CCCCC7)CC6)CC[C@]5(C)[C@H]4CC(=O)[C@]3(C)[C@H]1[C@@H]2C. The molecule has 4 aliphatic carbocycles. The van der Waals surface area contributed by atoms with Crippen LogP contribution >= 0.6 is 0 Å². The van der Waals surface area contributed by atoms with Gasteiger partial charge in [-0.25, -0.2) is 0 Å². The molecule has 8 nitrogen and oxygen atoms in total. The Bertz CT molecular complexity index is 1250. The molecular weight excluding hydrogens is 602 g/mol. The summed E-state index contributed by atoms with van der Waals surface area (Å²) in [5.74, 6) is 2.84. The third-order valence-corrected chi connectivity index (χ3v) is 16.2. The number of ether oxygens (including phenoxy) is 2. The number of nitrogens with one attached hydrogen (secondary N) is 1. The Morgan fingerprint density at radius 2 is 1.67 bits per heavy atom. The number of nitrogens with zero attached hydrogens (tertiary/aromatic N) is 2. The molecule has 8 aliphatic rings. The molecule has 4 saturated heterocycles. The minimum absolute atomic E-state index is 0.00956. The fourth-order valence-electron chi connectivity index (χ4n) is 13.4. The van der Waals surface area contributed by atoms with Crippen LogP contribution in [0.5, 0.6) is 0 Å². The normalized spacial score (nSPS) is 48.0. The summed E-state index contributed by atoms with van der Waals surface area (Å²) in [5, 5.41) is 3.30. The van der Waals surface area contributed by atoms with Crippen molar-refractivity contribution in [2.45, 2.75) is 148 Å². The molecule has 1 spiro atoms. The van der Waals surface area contributed by atoms with E-state index in [0.29, 0.717) is 47.8 Å². The third-order valence-electron chi connectivity index (χ3n) is 16.2. The van der Waals surface area contributed by atoms with Crippen molar-refractivity contribution in [3.05, 3.63) is 0 Å². The highest BCUT2D eigenvalue weighted by atomic mass is 16.7. The van der Waals surface area contributed by atoms with Crippen molar-refractivity contribution in [2.24, 2.45) is 52.3 Å². The number of likely N-dealkylation sites (tertiary alicyclic amines) is 2. The van der Waals surface area contributed by atoms with Gasteiger partial charge in [0.25, 0.3) is 0 Å². The van der Waals surface area contributed by atoms with Gasteiger partial charge in [0.05, 0.1) is 12.7 Å². The first-order valence-corrected chi connectivity index (χ1v) is 20.2. The molecule has 8 fully saturated rings. The average Bonchev–Trinajstić information content (AvgIpc) is 3.53. The molecule has 4 saturated carbocycles. The number of fused-ring (bicyclic) bond motifs is 7. The highest BCUT2D eigenvalue weighted by Gasteiger charge is 2.71. The fourth-order valence-corrected chi connectivity index (χ4v) is 13.4. The van der Waals surface area contributed by atoms with Gasteiger partial charge < -0.3 is 24.6 Å². The van der Waals surface area contributed by atoms with Crippen LogP contribution in [0.3, 0.4) is 0 Å². The highest BCUT2D eigenvalue weighted by molar-refractivity contribution is 5.97. The Morgan fingerprint density at radius 3 is 2.40 bits per heavy atom. The van der Waals surface area contributed by atoms with Gasteiger partial charge in [0.15, 0.2) is 5.79 Å². The molecule has 0 radical (unpaired) electrons. The van der Waals surface area contributed by atoms with E-state index in [1.54, 1.807) is 0 Å². The van der Waals surface area contributed by atoms with E-state index in [-0.39, 0.29) is 53.0 Å². The molecule has 268 valence electrons. The van der Waals surface area contributed by atoms with E-state index in [1.807, 2.05) is 4.90 Å². The van der Waals surface area contributed by atoms with Crippen molar-refractivity contribution >= 4 is 17.6 Å². The van der Waals surface area contributed by atoms with Crippen LogP contribution in [0, 0.1) is 52.3 Å². The largest absolute Gasteiger partial charge is 0.353 e. The molecule has 2 amide bonds. The van der Waals surface area contributed by atoms with E-state index in [0.717, 1.165) is 71.1 Å². The maximum atomic E-state index is 14.4. The van der Waals surface area contributed by atoms with Gasteiger partial charge in [-0.2, -0.15) is 0 Å². The lowest BCUT2D eigenvalue weighted by Crippen LogP contribution is -2.59. The third kappa shape index (κ3) is 5.43. The first kappa shape index (κ1) is 33.6. The summed E-state index contributed by atoms with van der Waals surface area (Å²) in [5.41, 5.74) is -0.186. The predicted molar refractivity (Wildman–Crippen MR) is 184 cm³/mol. The second-order valence-electron chi connectivity index (χ2n) is 18.5. The quantitative estimate of drug-likeness (QED) is 0.373. The Balaban J connectivity index is 0.860. The van der Waals surface area contributed by atoms with Crippen molar-refractivity contribution in [1.29, 1.82) is 0 Å². The maximum Gasteiger partial charge on any atom is 0.232 e. The number of rotatable bonds is 4. The van der Waals surface area contributed by atoms with Gasteiger partial charge in [0.1, 0.15) is 12.2 Å². The number of ketones is 1. The summed E-state index contributed by atoms with van der Waals surface area (Å²) in [6, 6.07) is 0.726. The van der Waals surface area contributed by atoms with Crippen LogP contribution < -0.4 is 5.32 Å². The first-order valence-electron chi connectivity index (χ1n) is 20.2. The molecule has 0 aromatic rings. The van der Waals surface area contributed by atoms with Gasteiger partial charge in [0.2, 0.25) is 11.8 Å². The van der Waals surface area contributed by atoms with Crippen molar-refractivity contribution in [3.8, 4) is 0 Å². The number of carbonyl (C=O) groups excluding carboxylic acids is 3. The molecule has 0 aromatic heterocycles. The van der Waals surface area contributed by atoms with E-state index in [4.69, 9.17) is 9.47 Å². The van der Waals surface area contributed by atoms with Gasteiger partial charge in [-0.3, -0.25) is 14.4 Å². The second kappa shape index (κ2) is 12.6. The van der Waals surface area contributed by atoms with Gasteiger partial charge in [-0.1, -0.05) is 34.1 Å². The first-order chi connectivity index (χ1) is 23.0. The molecule has 12 atom stereocenters. The zero-order valence-electron chi connectivity index (χ0n) is 30.4. The van der Waals surface area contributed by atoms with Crippen molar-refractivity contribution in [2.75, 3.05) is 32.8 Å². The lowest BCUT2D eigenvalue weighted by atomic mass is 9.44. The lowest BCUT2D eigenvalue weighted by molar-refractivity contribution is -0.272. The van der Waals surface area contributed by atoms with Crippen molar-refractivity contribution in [1.82, 2.24) is 15.1 Å². The Hall–Kier alpha value is -1.51. The minimum Gasteiger partial charge on any atom is -0.353 e. The summed E-state index contributed by atoms with van der Waals surface area (Å²) >= 11 is 0. The summed E-state index contributed by atoms with van der Waals surface area (Å²) in [4.78, 5) is 45.3. The summed E-state index contributed by atoms with van der Waals surface area (Å²) < 4.78 is 13.4. The summed E-state index contributed by atoms with van der Waals surface area (Å²) in [6.07, 6.45) is 15.2. The maximum absolute atomic E-state index is 14.4. The number of amides is 2. The van der Waals surface area contributed by atoms with E-state index in [9.17, 15) is 14.4 Å². The fraction of sp³-hybridized carbons (Fsp3) is 0.925. The Morgan fingerprint density at radius 1 is 0.896 bits per heavy atom. The number of Topliss-reactive ketones (excluding diaryl/α,β-unsaturated/α-hetero) is 1. The number of piperidine rings is 2. The van der Waals surface area contributed by atoms with Gasteiger partial charge >= 0.3 is 0 Å². The molecule has 48 heavy (non-hydrogen) atoms. The van der Waals surface area contributed by atoms with Crippen molar-refractivity contribution < 1.29 is 23.9 Å². The van der Waals surface area contributed by atoms with E-state index >= 15 is 0 Å². The Kier molecular flexibility index (Phi) is 8.84. The van der Waals surface area contributed by atoms with E-state index in [2.05, 4.69) is 37.9 Å². The molecule has 1 N–H and O–H groups in total. The van der Waals surface area contributed by atoms with Crippen LogP contribution in [-0.2, 0) is 23.9 Å². The minimum atomic E-state index is -0.492. The second-order valence-corrected chi connectivity index (χ2v) is 18.5. The molecule has 4 heterocycles. The topological polar surface area (TPSA) is 88.2 Å². The van der Waals surface area contributed by atoms with Gasteiger partial charge in [0, 0.05) is 55.3 Å². The van der Waals surface area contributed by atoms with Crippen LogP contribution in [0.2, 0.25) is 0 Å². The van der Waals surface area contributed by atoms with Crippen LogP contribution in [0.15, 0.2) is 0 Å². The number of carbonyl (C=O) groups is 3. The summed E-state index contributed by atoms with van der Waals surface area (Å²) in [6.45, 7) is 14.1. The van der Waals surface area contributed by atoms with Crippen LogP contribution in [0.4, 0.5) is 0 Å². The molecule has 8 heteroatoms. The van der Waals surface area contributed by atoms with Gasteiger partial charge in [-0.15, -0.1) is 0 Å².